The predicted octanol–water partition coefficient (Wildman–Crippen LogP) is 2.80. The van der Waals surface area contributed by atoms with Crippen LogP contribution in [0.5, 0.6) is 5.75 Å². The molecule has 0 radical (unpaired) electrons. The largest absolute Gasteiger partial charge is 0.493 e. The molecular weight excluding hydrogens is 228 g/mol. The Balaban J connectivity index is 2.14. The molecule has 1 N–H and O–H groups in total. The highest BCUT2D eigenvalue weighted by molar-refractivity contribution is 5.83. The van der Waals surface area contributed by atoms with Crippen LogP contribution in [0.1, 0.15) is 5.76 Å². The molecular formula is C12H13F2NO2. The van der Waals surface area contributed by atoms with E-state index in [1.165, 1.54) is 0 Å². The molecule has 92 valence electrons. The summed E-state index contributed by atoms with van der Waals surface area (Å²) in [5.41, 5.74) is 0.642. The van der Waals surface area contributed by atoms with Crippen molar-refractivity contribution in [1.29, 1.82) is 0 Å². The Bertz CT molecular complexity index is 496. The number of ether oxygens (including phenoxy) is 1. The fourth-order valence-electron chi connectivity index (χ4n) is 1.64. The average Bonchev–Trinajstić information content (AvgIpc) is 2.70. The van der Waals surface area contributed by atoms with Crippen molar-refractivity contribution in [2.45, 2.75) is 13.0 Å². The zero-order valence-electron chi connectivity index (χ0n) is 9.37. The van der Waals surface area contributed by atoms with Crippen LogP contribution in [0.2, 0.25) is 0 Å². The fourth-order valence-corrected chi connectivity index (χ4v) is 1.64. The number of hydrogen-bond donors (Lipinski definition) is 1. The van der Waals surface area contributed by atoms with E-state index in [1.54, 1.807) is 13.2 Å². The number of rotatable bonds is 5. The number of fused-ring (bicyclic) bond motifs is 1. The minimum atomic E-state index is -2.35. The van der Waals surface area contributed by atoms with E-state index in [4.69, 9.17) is 9.15 Å². The molecule has 1 heterocycles. The maximum atomic E-state index is 11.9. The smallest absolute Gasteiger partial charge is 0.250 e. The van der Waals surface area contributed by atoms with Gasteiger partial charge >= 0.3 is 0 Å². The van der Waals surface area contributed by atoms with Gasteiger partial charge in [-0.1, -0.05) is 12.1 Å². The Kier molecular flexibility index (Phi) is 3.58. The highest BCUT2D eigenvalue weighted by Crippen LogP contribution is 2.28. The number of benzene rings is 1. The molecule has 1 aromatic heterocycles. The minimum absolute atomic E-state index is 0.280. The van der Waals surface area contributed by atoms with Crippen LogP contribution in [0.4, 0.5) is 8.78 Å². The second-order valence-corrected chi connectivity index (χ2v) is 3.61. The third kappa shape index (κ3) is 2.74. The Morgan fingerprint density at radius 1 is 1.41 bits per heavy atom. The zero-order valence-corrected chi connectivity index (χ0v) is 9.37. The van der Waals surface area contributed by atoms with E-state index in [0.717, 1.165) is 5.39 Å². The lowest BCUT2D eigenvalue weighted by Gasteiger charge is -2.00. The van der Waals surface area contributed by atoms with Crippen LogP contribution >= 0.6 is 0 Å². The van der Waals surface area contributed by atoms with Crippen molar-refractivity contribution in [2.75, 3.05) is 13.7 Å². The Labute approximate surface area is 97.4 Å². The Hall–Kier alpha value is -1.62. The number of alkyl halides is 2. The van der Waals surface area contributed by atoms with Gasteiger partial charge in [-0.05, 0) is 12.1 Å². The summed E-state index contributed by atoms with van der Waals surface area (Å²) in [5, 5.41) is 3.52. The number of hydrogen-bond acceptors (Lipinski definition) is 3. The second-order valence-electron chi connectivity index (χ2n) is 3.61. The molecule has 0 spiro atoms. The zero-order chi connectivity index (χ0) is 12.3. The van der Waals surface area contributed by atoms with Crippen molar-refractivity contribution >= 4 is 11.0 Å². The number of para-hydroxylation sites is 1. The lowest BCUT2D eigenvalue weighted by molar-refractivity contribution is 0.145. The molecule has 0 unspecified atom stereocenters. The van der Waals surface area contributed by atoms with E-state index in [-0.39, 0.29) is 13.1 Å². The van der Waals surface area contributed by atoms with Gasteiger partial charge in [0.05, 0.1) is 20.2 Å². The maximum Gasteiger partial charge on any atom is 0.250 e. The Morgan fingerprint density at radius 2 is 2.24 bits per heavy atom. The van der Waals surface area contributed by atoms with E-state index < -0.39 is 6.43 Å². The van der Waals surface area contributed by atoms with Gasteiger partial charge in [0.15, 0.2) is 11.3 Å². The van der Waals surface area contributed by atoms with Gasteiger partial charge < -0.3 is 14.5 Å². The summed E-state index contributed by atoms with van der Waals surface area (Å²) in [6, 6.07) is 7.35. The van der Waals surface area contributed by atoms with E-state index in [9.17, 15) is 8.78 Å². The summed E-state index contributed by atoms with van der Waals surface area (Å²) in [6.45, 7) is -0.0592. The van der Waals surface area contributed by atoms with Crippen molar-refractivity contribution in [3.05, 3.63) is 30.0 Å². The molecule has 2 aromatic rings. The van der Waals surface area contributed by atoms with Crippen LogP contribution in [0, 0.1) is 0 Å². The number of furan rings is 1. The molecule has 0 aliphatic carbocycles. The number of halogens is 2. The van der Waals surface area contributed by atoms with E-state index >= 15 is 0 Å². The summed E-state index contributed by atoms with van der Waals surface area (Å²) in [6.07, 6.45) is -2.35. The van der Waals surface area contributed by atoms with Gasteiger partial charge in [-0.15, -0.1) is 0 Å². The minimum Gasteiger partial charge on any atom is -0.493 e. The summed E-state index contributed by atoms with van der Waals surface area (Å²) >= 11 is 0. The lowest BCUT2D eigenvalue weighted by atomic mass is 10.2. The quantitative estimate of drug-likeness (QED) is 0.874. The fraction of sp³-hybridized carbons (Fsp3) is 0.333. The van der Waals surface area contributed by atoms with Crippen molar-refractivity contribution in [3.8, 4) is 5.75 Å². The number of methoxy groups -OCH3 is 1. The molecule has 0 amide bonds. The first kappa shape index (κ1) is 11.9. The molecule has 0 atom stereocenters. The van der Waals surface area contributed by atoms with Gasteiger partial charge in [-0.25, -0.2) is 8.78 Å². The summed E-state index contributed by atoms with van der Waals surface area (Å²) in [7, 11) is 1.56. The van der Waals surface area contributed by atoms with Gasteiger partial charge in [-0.2, -0.15) is 0 Å². The lowest BCUT2D eigenvalue weighted by Crippen LogP contribution is -2.20. The molecule has 0 fully saturated rings. The van der Waals surface area contributed by atoms with E-state index in [2.05, 4.69) is 5.32 Å². The molecule has 2 rings (SSSR count). The SMILES string of the molecule is COc1cccc2cc(CNCC(F)F)oc12. The summed E-state index contributed by atoms with van der Waals surface area (Å²) in [5.74, 6) is 1.26. The standard InChI is InChI=1S/C12H13F2NO2/c1-16-10-4-2-3-8-5-9(17-12(8)10)6-15-7-11(13)14/h2-5,11,15H,6-7H2,1H3. The second kappa shape index (κ2) is 5.14. The molecule has 5 heteroatoms. The first-order valence-electron chi connectivity index (χ1n) is 5.25. The van der Waals surface area contributed by atoms with Crippen LogP contribution in [0.25, 0.3) is 11.0 Å². The van der Waals surface area contributed by atoms with Gasteiger partial charge in [0.2, 0.25) is 0 Å². The monoisotopic (exact) mass is 241 g/mol. The van der Waals surface area contributed by atoms with Crippen LogP contribution in [0.3, 0.4) is 0 Å². The van der Waals surface area contributed by atoms with Crippen LogP contribution < -0.4 is 10.1 Å². The molecule has 0 aliphatic heterocycles. The molecule has 1 aromatic carbocycles. The van der Waals surface area contributed by atoms with E-state index in [1.807, 2.05) is 18.2 Å². The normalized spacial score (nSPS) is 11.3. The molecule has 0 saturated carbocycles. The first-order chi connectivity index (χ1) is 8.20. The van der Waals surface area contributed by atoms with Crippen molar-refractivity contribution in [2.24, 2.45) is 0 Å². The Morgan fingerprint density at radius 3 is 2.94 bits per heavy atom. The number of nitrogens with one attached hydrogen (secondary N) is 1. The summed E-state index contributed by atoms with van der Waals surface area (Å²) < 4.78 is 34.6. The van der Waals surface area contributed by atoms with Crippen molar-refractivity contribution in [3.63, 3.8) is 0 Å². The van der Waals surface area contributed by atoms with Crippen LogP contribution in [-0.2, 0) is 6.54 Å². The van der Waals surface area contributed by atoms with Crippen molar-refractivity contribution in [1.82, 2.24) is 5.32 Å². The van der Waals surface area contributed by atoms with Crippen molar-refractivity contribution < 1.29 is 17.9 Å². The van der Waals surface area contributed by atoms with Gasteiger partial charge in [0, 0.05) is 5.39 Å². The van der Waals surface area contributed by atoms with Crippen LogP contribution in [-0.4, -0.2) is 20.1 Å². The van der Waals surface area contributed by atoms with Gasteiger partial charge in [-0.3, -0.25) is 0 Å². The predicted molar refractivity (Wildman–Crippen MR) is 60.5 cm³/mol. The average molecular weight is 241 g/mol. The highest BCUT2D eigenvalue weighted by Gasteiger charge is 2.09. The van der Waals surface area contributed by atoms with E-state index in [0.29, 0.717) is 17.1 Å². The molecule has 0 saturated heterocycles. The first-order valence-corrected chi connectivity index (χ1v) is 5.25. The molecule has 17 heavy (non-hydrogen) atoms. The topological polar surface area (TPSA) is 34.4 Å². The third-order valence-corrected chi connectivity index (χ3v) is 2.38. The van der Waals surface area contributed by atoms with Gasteiger partial charge in [0.25, 0.3) is 6.43 Å². The molecule has 3 nitrogen and oxygen atoms in total. The third-order valence-electron chi connectivity index (χ3n) is 2.38. The summed E-state index contributed by atoms with van der Waals surface area (Å²) in [4.78, 5) is 0. The van der Waals surface area contributed by atoms with Gasteiger partial charge in [0.1, 0.15) is 5.76 Å². The highest BCUT2D eigenvalue weighted by atomic mass is 19.3. The molecule has 0 aliphatic rings. The molecule has 0 bridgehead atoms. The maximum absolute atomic E-state index is 11.9. The van der Waals surface area contributed by atoms with Crippen LogP contribution in [0.15, 0.2) is 28.7 Å².